The van der Waals surface area contributed by atoms with Gasteiger partial charge in [-0.05, 0) is 53.5 Å². The van der Waals surface area contributed by atoms with Gasteiger partial charge in [-0.2, -0.15) is 0 Å². The summed E-state index contributed by atoms with van der Waals surface area (Å²) in [7, 11) is 1.64. The smallest absolute Gasteiger partial charge is 0.181 e. The molecule has 4 nitrogen and oxygen atoms in total. The Balaban J connectivity index is 1.76. The minimum absolute atomic E-state index is 0.0337. The number of aromatic amines is 1. The summed E-state index contributed by atoms with van der Waals surface area (Å²) in [6, 6.07) is 13.5. The number of hydrogen-bond acceptors (Lipinski definition) is 3. The van der Waals surface area contributed by atoms with Crippen LogP contribution in [0.2, 0.25) is 0 Å². The molecule has 25 heavy (non-hydrogen) atoms. The highest BCUT2D eigenvalue weighted by atomic mass is 79.9. The molecule has 0 bridgehead atoms. The number of carbonyl (C=O) groups is 1. The summed E-state index contributed by atoms with van der Waals surface area (Å²) in [6.07, 6.45) is 1.79. The lowest BCUT2D eigenvalue weighted by atomic mass is 10.0. The first-order valence-corrected chi connectivity index (χ1v) is 9.00. The molecule has 0 aliphatic carbocycles. The van der Waals surface area contributed by atoms with Crippen LogP contribution in [-0.4, -0.2) is 23.9 Å². The molecule has 0 spiro atoms. The molecule has 3 aromatic rings. The van der Waals surface area contributed by atoms with Crippen molar-refractivity contribution in [1.29, 1.82) is 0 Å². The van der Waals surface area contributed by atoms with Crippen molar-refractivity contribution >= 4 is 32.6 Å². The average molecular weight is 401 g/mol. The zero-order chi connectivity index (χ0) is 18.0. The third kappa shape index (κ3) is 3.62. The maximum absolute atomic E-state index is 12.8. The predicted octanol–water partition coefficient (Wildman–Crippen LogP) is 4.86. The maximum Gasteiger partial charge on any atom is 0.181 e. The van der Waals surface area contributed by atoms with Crippen LogP contribution in [-0.2, 0) is 0 Å². The van der Waals surface area contributed by atoms with Crippen molar-refractivity contribution in [3.63, 3.8) is 0 Å². The molecule has 0 amide bonds. The number of halogens is 1. The number of carbonyl (C=O) groups excluding carboxylic acids is 1. The number of fused-ring (bicyclic) bond motifs is 1. The third-order valence-electron chi connectivity index (χ3n) is 4.42. The molecule has 2 aromatic carbocycles. The van der Waals surface area contributed by atoms with Crippen molar-refractivity contribution < 1.29 is 9.53 Å². The fraction of sp³-hybridized carbons (Fsp3) is 0.250. The Hall–Kier alpha value is -2.11. The quantitative estimate of drug-likeness (QED) is 0.580. The number of nitrogens with one attached hydrogen (secondary N) is 2. The monoisotopic (exact) mass is 400 g/mol. The highest BCUT2D eigenvalue weighted by molar-refractivity contribution is 9.10. The van der Waals surface area contributed by atoms with Gasteiger partial charge in [0.05, 0.1) is 17.6 Å². The Bertz CT molecular complexity index is 904. The third-order valence-corrected chi connectivity index (χ3v) is 5.04. The number of H-pyrrole nitrogens is 1. The number of para-hydroxylation sites is 1. The van der Waals surface area contributed by atoms with Gasteiger partial charge in [0.15, 0.2) is 5.78 Å². The molecule has 130 valence electrons. The van der Waals surface area contributed by atoms with E-state index in [1.54, 1.807) is 13.3 Å². The van der Waals surface area contributed by atoms with Gasteiger partial charge in [0.25, 0.3) is 0 Å². The van der Waals surface area contributed by atoms with E-state index in [1.807, 2.05) is 56.3 Å². The van der Waals surface area contributed by atoms with Crippen LogP contribution in [0.25, 0.3) is 10.9 Å². The highest BCUT2D eigenvalue weighted by Crippen LogP contribution is 2.28. The minimum atomic E-state index is -0.296. The molecule has 1 heterocycles. The molecule has 0 aliphatic heterocycles. The fourth-order valence-corrected chi connectivity index (χ4v) is 3.57. The lowest BCUT2D eigenvalue weighted by Crippen LogP contribution is -2.35. The van der Waals surface area contributed by atoms with Crippen LogP contribution in [0.3, 0.4) is 0 Å². The average Bonchev–Trinajstić information content (AvgIpc) is 3.04. The molecule has 3 rings (SSSR count). The van der Waals surface area contributed by atoms with Gasteiger partial charge in [-0.25, -0.2) is 0 Å². The van der Waals surface area contributed by atoms with Gasteiger partial charge in [-0.3, -0.25) is 4.79 Å². The largest absolute Gasteiger partial charge is 0.496 e. The van der Waals surface area contributed by atoms with Gasteiger partial charge in [-0.1, -0.05) is 24.3 Å². The second-order valence-corrected chi connectivity index (χ2v) is 6.97. The zero-order valence-corrected chi connectivity index (χ0v) is 16.1. The van der Waals surface area contributed by atoms with Crippen molar-refractivity contribution in [3.05, 3.63) is 64.3 Å². The van der Waals surface area contributed by atoms with E-state index >= 15 is 0 Å². The number of methoxy groups -OCH3 is 1. The number of hydrogen-bond donors (Lipinski definition) is 2. The number of ether oxygens (including phenoxy) is 1. The van der Waals surface area contributed by atoms with Gasteiger partial charge in [-0.15, -0.1) is 0 Å². The lowest BCUT2D eigenvalue weighted by molar-refractivity contribution is 0.0947. The maximum atomic E-state index is 12.8. The van der Waals surface area contributed by atoms with Gasteiger partial charge in [0, 0.05) is 28.7 Å². The van der Waals surface area contributed by atoms with E-state index in [0.717, 1.165) is 32.3 Å². The van der Waals surface area contributed by atoms with E-state index in [4.69, 9.17) is 4.74 Å². The highest BCUT2D eigenvalue weighted by Gasteiger charge is 2.21. The Kier molecular flexibility index (Phi) is 5.25. The standard InChI is InChI=1S/C20H21BrN2O2/c1-12(14-8-9-19(25-3)17(21)10-14)23-13(2)20(24)16-11-22-18-7-5-4-6-15(16)18/h4-13,22-23H,1-3H3/t12-,13+/m0/s1. The number of Topliss-reactive ketones (excluding diaryl/α,β-unsaturated/α-hetero) is 1. The van der Waals surface area contributed by atoms with Crippen molar-refractivity contribution in [2.24, 2.45) is 0 Å². The first-order chi connectivity index (χ1) is 12.0. The van der Waals surface area contributed by atoms with Crippen molar-refractivity contribution in [3.8, 4) is 5.75 Å². The zero-order valence-electron chi connectivity index (χ0n) is 14.5. The van der Waals surface area contributed by atoms with E-state index < -0.39 is 0 Å². The van der Waals surface area contributed by atoms with Crippen LogP contribution in [0.1, 0.15) is 35.8 Å². The summed E-state index contributed by atoms with van der Waals surface area (Å²) in [4.78, 5) is 16.0. The Labute approximate surface area is 155 Å². The molecule has 0 aliphatic rings. The molecule has 0 radical (unpaired) electrons. The summed E-state index contributed by atoms with van der Waals surface area (Å²) in [5.74, 6) is 0.871. The summed E-state index contributed by atoms with van der Waals surface area (Å²) < 4.78 is 6.16. The molecule has 2 atom stereocenters. The van der Waals surface area contributed by atoms with Gasteiger partial charge < -0.3 is 15.0 Å². The van der Waals surface area contributed by atoms with Crippen molar-refractivity contribution in [2.75, 3.05) is 7.11 Å². The van der Waals surface area contributed by atoms with Crippen molar-refractivity contribution in [2.45, 2.75) is 25.9 Å². The summed E-state index contributed by atoms with van der Waals surface area (Å²) in [5.41, 5.74) is 2.79. The number of rotatable bonds is 6. The van der Waals surface area contributed by atoms with E-state index in [1.165, 1.54) is 0 Å². The van der Waals surface area contributed by atoms with Gasteiger partial charge in [0.1, 0.15) is 5.75 Å². The molecule has 0 saturated heterocycles. The number of aromatic nitrogens is 1. The topological polar surface area (TPSA) is 54.1 Å². The van der Waals surface area contributed by atoms with Crippen molar-refractivity contribution in [1.82, 2.24) is 10.3 Å². The molecule has 0 unspecified atom stereocenters. The molecule has 2 N–H and O–H groups in total. The summed E-state index contributed by atoms with van der Waals surface area (Å²) in [5, 5.41) is 4.35. The van der Waals surface area contributed by atoms with Crippen LogP contribution < -0.4 is 10.1 Å². The van der Waals surface area contributed by atoms with Crippen LogP contribution >= 0.6 is 15.9 Å². The summed E-state index contributed by atoms with van der Waals surface area (Å²) >= 11 is 3.51. The lowest BCUT2D eigenvalue weighted by Gasteiger charge is -2.20. The SMILES string of the molecule is COc1ccc([C@H](C)N[C@H](C)C(=O)c2c[nH]c3ccccc23)cc1Br. The van der Waals surface area contributed by atoms with E-state index in [-0.39, 0.29) is 17.9 Å². The number of ketones is 1. The first kappa shape index (κ1) is 17.7. The second kappa shape index (κ2) is 7.42. The Morgan fingerprint density at radius 1 is 1.20 bits per heavy atom. The molecule has 5 heteroatoms. The van der Waals surface area contributed by atoms with Gasteiger partial charge >= 0.3 is 0 Å². The van der Waals surface area contributed by atoms with Crippen LogP contribution in [0.15, 0.2) is 53.1 Å². The molecular formula is C20H21BrN2O2. The van der Waals surface area contributed by atoms with Gasteiger partial charge in [0.2, 0.25) is 0 Å². The predicted molar refractivity (Wildman–Crippen MR) is 104 cm³/mol. The van der Waals surface area contributed by atoms with E-state index in [9.17, 15) is 4.79 Å². The number of benzene rings is 2. The molecule has 0 fully saturated rings. The normalized spacial score (nSPS) is 13.6. The fourth-order valence-electron chi connectivity index (χ4n) is 3.01. The summed E-state index contributed by atoms with van der Waals surface area (Å²) in [6.45, 7) is 3.95. The molecular weight excluding hydrogens is 380 g/mol. The van der Waals surface area contributed by atoms with E-state index in [0.29, 0.717) is 0 Å². The van der Waals surface area contributed by atoms with Crippen LogP contribution in [0, 0.1) is 0 Å². The minimum Gasteiger partial charge on any atom is -0.496 e. The first-order valence-electron chi connectivity index (χ1n) is 8.21. The van der Waals surface area contributed by atoms with Crippen LogP contribution in [0.4, 0.5) is 0 Å². The molecule has 1 aromatic heterocycles. The van der Waals surface area contributed by atoms with E-state index in [2.05, 4.69) is 26.2 Å². The Morgan fingerprint density at radius 2 is 1.96 bits per heavy atom. The second-order valence-electron chi connectivity index (χ2n) is 6.12. The Morgan fingerprint density at radius 3 is 2.68 bits per heavy atom. The van der Waals surface area contributed by atoms with Crippen LogP contribution in [0.5, 0.6) is 5.75 Å². The molecule has 0 saturated carbocycles.